The van der Waals surface area contributed by atoms with Crippen LogP contribution in [0, 0.1) is 6.92 Å². The lowest BCUT2D eigenvalue weighted by Crippen LogP contribution is -2.17. The Bertz CT molecular complexity index is 953. The van der Waals surface area contributed by atoms with Crippen LogP contribution in [-0.2, 0) is 0 Å². The molecule has 2 aromatic heterocycles. The van der Waals surface area contributed by atoms with E-state index < -0.39 is 0 Å². The van der Waals surface area contributed by atoms with Gasteiger partial charge in [-0.15, -0.1) is 0 Å². The van der Waals surface area contributed by atoms with Gasteiger partial charge in [-0.2, -0.15) is 4.98 Å². The van der Waals surface area contributed by atoms with Gasteiger partial charge in [0.2, 0.25) is 5.95 Å². The summed E-state index contributed by atoms with van der Waals surface area (Å²) in [7, 11) is 4.15. The molecule has 0 atom stereocenters. The van der Waals surface area contributed by atoms with Gasteiger partial charge in [-0.05, 0) is 75.3 Å². The van der Waals surface area contributed by atoms with E-state index in [1.165, 1.54) is 11.1 Å². The van der Waals surface area contributed by atoms with Crippen LogP contribution in [0.2, 0.25) is 0 Å². The predicted molar refractivity (Wildman–Crippen MR) is 125 cm³/mol. The standard InChI is InChI=1S/C24H32N6/c1-17(2)20-11-10-19(15-18(20)3)27-23-16-22(21-9-6-7-12-25-21)28-24(29-23)26-13-8-14-30(4)5/h6-7,9-12,15-17H,8,13-14H2,1-5H3,(H2,26,27,28,29). The monoisotopic (exact) mass is 404 g/mol. The second kappa shape index (κ2) is 10.2. The summed E-state index contributed by atoms with van der Waals surface area (Å²) in [6, 6.07) is 14.2. The largest absolute Gasteiger partial charge is 0.354 e. The molecule has 6 heteroatoms. The highest BCUT2D eigenvalue weighted by atomic mass is 15.1. The number of nitrogens with one attached hydrogen (secondary N) is 2. The van der Waals surface area contributed by atoms with Gasteiger partial charge in [-0.25, -0.2) is 4.98 Å². The maximum Gasteiger partial charge on any atom is 0.225 e. The van der Waals surface area contributed by atoms with E-state index in [1.54, 1.807) is 6.20 Å². The molecule has 0 radical (unpaired) electrons. The van der Waals surface area contributed by atoms with Crippen LogP contribution in [0.5, 0.6) is 0 Å². The summed E-state index contributed by atoms with van der Waals surface area (Å²) in [4.78, 5) is 16.0. The number of rotatable bonds is 9. The molecule has 2 N–H and O–H groups in total. The first-order chi connectivity index (χ1) is 14.4. The molecular weight excluding hydrogens is 372 g/mol. The molecule has 0 spiro atoms. The second-order valence-electron chi connectivity index (χ2n) is 8.11. The zero-order valence-electron chi connectivity index (χ0n) is 18.6. The first-order valence-corrected chi connectivity index (χ1v) is 10.5. The molecule has 2 heterocycles. The van der Waals surface area contributed by atoms with Gasteiger partial charge in [-0.1, -0.05) is 26.0 Å². The van der Waals surface area contributed by atoms with Crippen molar-refractivity contribution in [3.05, 3.63) is 59.8 Å². The first kappa shape index (κ1) is 21.7. The molecule has 0 fully saturated rings. The zero-order valence-corrected chi connectivity index (χ0v) is 18.6. The normalized spacial score (nSPS) is 11.2. The van der Waals surface area contributed by atoms with Crippen LogP contribution in [0.15, 0.2) is 48.7 Å². The zero-order chi connectivity index (χ0) is 21.5. The van der Waals surface area contributed by atoms with Crippen LogP contribution in [-0.4, -0.2) is 47.0 Å². The Hall–Kier alpha value is -2.99. The molecule has 0 bridgehead atoms. The Labute approximate surface area is 179 Å². The Kier molecular flexibility index (Phi) is 7.36. The molecule has 3 rings (SSSR count). The topological polar surface area (TPSA) is 66.0 Å². The van der Waals surface area contributed by atoms with E-state index in [-0.39, 0.29) is 0 Å². The molecular formula is C24H32N6. The maximum atomic E-state index is 4.68. The minimum Gasteiger partial charge on any atom is -0.354 e. The molecule has 0 amide bonds. The second-order valence-corrected chi connectivity index (χ2v) is 8.11. The van der Waals surface area contributed by atoms with Crippen molar-refractivity contribution in [3.63, 3.8) is 0 Å². The Morgan fingerprint density at radius 2 is 1.83 bits per heavy atom. The summed E-state index contributed by atoms with van der Waals surface area (Å²) in [5.41, 5.74) is 5.27. The number of benzene rings is 1. The lowest BCUT2D eigenvalue weighted by atomic mass is 9.98. The van der Waals surface area contributed by atoms with Crippen LogP contribution < -0.4 is 10.6 Å². The maximum absolute atomic E-state index is 4.68. The van der Waals surface area contributed by atoms with E-state index in [9.17, 15) is 0 Å². The van der Waals surface area contributed by atoms with Crippen LogP contribution in [0.4, 0.5) is 17.5 Å². The third kappa shape index (κ3) is 6.00. The smallest absolute Gasteiger partial charge is 0.225 e. The molecule has 158 valence electrons. The number of hydrogen-bond acceptors (Lipinski definition) is 6. The Morgan fingerprint density at radius 3 is 2.50 bits per heavy atom. The fourth-order valence-electron chi connectivity index (χ4n) is 3.38. The average Bonchev–Trinajstić information content (AvgIpc) is 2.71. The lowest BCUT2D eigenvalue weighted by molar-refractivity contribution is 0.405. The highest BCUT2D eigenvalue weighted by Gasteiger charge is 2.10. The van der Waals surface area contributed by atoms with Gasteiger partial charge in [-0.3, -0.25) is 4.98 Å². The highest BCUT2D eigenvalue weighted by molar-refractivity contribution is 5.65. The summed E-state index contributed by atoms with van der Waals surface area (Å²) in [5.74, 6) is 1.86. The van der Waals surface area contributed by atoms with Crippen molar-refractivity contribution in [3.8, 4) is 11.4 Å². The third-order valence-corrected chi connectivity index (χ3v) is 4.88. The molecule has 0 saturated carbocycles. The first-order valence-electron chi connectivity index (χ1n) is 10.5. The van der Waals surface area contributed by atoms with E-state index in [2.05, 4.69) is 83.6 Å². The van der Waals surface area contributed by atoms with Crippen molar-refractivity contribution >= 4 is 17.5 Å². The number of hydrogen-bond donors (Lipinski definition) is 2. The minimum atomic E-state index is 0.506. The number of pyridine rings is 1. The predicted octanol–water partition coefficient (Wildman–Crippen LogP) is 5.08. The van der Waals surface area contributed by atoms with Gasteiger partial charge in [0.15, 0.2) is 0 Å². The van der Waals surface area contributed by atoms with E-state index in [4.69, 9.17) is 0 Å². The molecule has 0 aliphatic carbocycles. The number of nitrogens with zero attached hydrogens (tertiary/aromatic N) is 4. The average molecular weight is 405 g/mol. The molecule has 1 aromatic carbocycles. The number of aromatic nitrogens is 3. The summed E-state index contributed by atoms with van der Waals surface area (Å²) in [6.07, 6.45) is 2.80. The van der Waals surface area contributed by atoms with Crippen LogP contribution in [0.1, 0.15) is 37.3 Å². The van der Waals surface area contributed by atoms with Gasteiger partial charge in [0, 0.05) is 24.5 Å². The van der Waals surface area contributed by atoms with Crippen molar-refractivity contribution in [2.75, 3.05) is 37.8 Å². The van der Waals surface area contributed by atoms with E-state index in [0.29, 0.717) is 11.9 Å². The molecule has 3 aromatic rings. The summed E-state index contributed by atoms with van der Waals surface area (Å²) >= 11 is 0. The van der Waals surface area contributed by atoms with Gasteiger partial charge >= 0.3 is 0 Å². The van der Waals surface area contributed by atoms with Crippen LogP contribution >= 0.6 is 0 Å². The third-order valence-electron chi connectivity index (χ3n) is 4.88. The SMILES string of the molecule is Cc1cc(Nc2cc(-c3ccccn3)nc(NCCCN(C)C)n2)ccc1C(C)C. The molecule has 0 aliphatic rings. The van der Waals surface area contributed by atoms with Gasteiger partial charge in [0.25, 0.3) is 0 Å². The fourth-order valence-corrected chi connectivity index (χ4v) is 3.38. The van der Waals surface area contributed by atoms with Crippen molar-refractivity contribution in [1.29, 1.82) is 0 Å². The molecule has 0 saturated heterocycles. The van der Waals surface area contributed by atoms with Gasteiger partial charge in [0.05, 0.1) is 11.4 Å². The van der Waals surface area contributed by atoms with Crippen molar-refractivity contribution in [2.24, 2.45) is 0 Å². The van der Waals surface area contributed by atoms with Gasteiger partial charge < -0.3 is 15.5 Å². The summed E-state index contributed by atoms with van der Waals surface area (Å²) < 4.78 is 0. The van der Waals surface area contributed by atoms with Crippen molar-refractivity contribution in [2.45, 2.75) is 33.1 Å². The van der Waals surface area contributed by atoms with Gasteiger partial charge in [0.1, 0.15) is 5.82 Å². The molecule has 0 unspecified atom stereocenters. The quantitative estimate of drug-likeness (QED) is 0.485. The highest BCUT2D eigenvalue weighted by Crippen LogP contribution is 2.26. The fraction of sp³-hybridized carbons (Fsp3) is 0.375. The van der Waals surface area contributed by atoms with Crippen molar-refractivity contribution in [1.82, 2.24) is 19.9 Å². The van der Waals surface area contributed by atoms with E-state index >= 15 is 0 Å². The van der Waals surface area contributed by atoms with E-state index in [1.807, 2.05) is 24.3 Å². The molecule has 0 aliphatic heterocycles. The van der Waals surface area contributed by atoms with Crippen LogP contribution in [0.3, 0.4) is 0 Å². The Morgan fingerprint density at radius 1 is 1.00 bits per heavy atom. The number of aryl methyl sites for hydroxylation is 1. The van der Waals surface area contributed by atoms with Crippen LogP contribution in [0.25, 0.3) is 11.4 Å². The number of anilines is 3. The summed E-state index contributed by atoms with van der Waals surface area (Å²) in [5, 5.41) is 6.80. The molecule has 30 heavy (non-hydrogen) atoms. The Balaban J connectivity index is 1.85. The molecule has 6 nitrogen and oxygen atoms in total. The van der Waals surface area contributed by atoms with E-state index in [0.717, 1.165) is 42.4 Å². The lowest BCUT2D eigenvalue weighted by Gasteiger charge is -2.14. The minimum absolute atomic E-state index is 0.506. The summed E-state index contributed by atoms with van der Waals surface area (Å²) in [6.45, 7) is 8.41. The van der Waals surface area contributed by atoms with Crippen molar-refractivity contribution < 1.29 is 0 Å².